The van der Waals surface area contributed by atoms with Crippen LogP contribution in [0.5, 0.6) is 0 Å². The molecule has 1 atom stereocenters. The molecule has 7 nitrogen and oxygen atoms in total. The monoisotopic (exact) mass is 281 g/mol. The fraction of sp³-hybridized carbons (Fsp3) is 0.462. The SMILES string of the molecule is CC[C@H](O)CCNC(=O)Nc1ccc([N+](=O)[O-])cc1C. The fourth-order valence-corrected chi connectivity index (χ4v) is 1.62. The molecule has 110 valence electrons. The fourth-order valence-electron chi connectivity index (χ4n) is 1.62. The van der Waals surface area contributed by atoms with E-state index >= 15 is 0 Å². The van der Waals surface area contributed by atoms with Gasteiger partial charge in [0.1, 0.15) is 0 Å². The van der Waals surface area contributed by atoms with Crippen molar-refractivity contribution >= 4 is 17.4 Å². The first-order valence-electron chi connectivity index (χ1n) is 6.42. The molecular weight excluding hydrogens is 262 g/mol. The lowest BCUT2D eigenvalue weighted by molar-refractivity contribution is -0.384. The first-order valence-corrected chi connectivity index (χ1v) is 6.42. The van der Waals surface area contributed by atoms with E-state index in [0.29, 0.717) is 30.6 Å². The summed E-state index contributed by atoms with van der Waals surface area (Å²) in [6.45, 7) is 3.92. The van der Waals surface area contributed by atoms with Crippen LogP contribution in [0.3, 0.4) is 0 Å². The second-order valence-electron chi connectivity index (χ2n) is 4.49. The highest BCUT2D eigenvalue weighted by molar-refractivity contribution is 5.90. The largest absolute Gasteiger partial charge is 0.393 e. The van der Waals surface area contributed by atoms with Crippen LogP contribution in [0.1, 0.15) is 25.3 Å². The van der Waals surface area contributed by atoms with E-state index < -0.39 is 17.1 Å². The molecule has 3 N–H and O–H groups in total. The number of nitro benzene ring substituents is 1. The zero-order chi connectivity index (χ0) is 15.1. The number of hydrogen-bond acceptors (Lipinski definition) is 4. The minimum Gasteiger partial charge on any atom is -0.393 e. The Balaban J connectivity index is 2.52. The number of non-ortho nitro benzene ring substituents is 1. The lowest BCUT2D eigenvalue weighted by Crippen LogP contribution is -2.31. The van der Waals surface area contributed by atoms with Crippen molar-refractivity contribution < 1.29 is 14.8 Å². The Labute approximate surface area is 117 Å². The van der Waals surface area contributed by atoms with E-state index in [1.807, 2.05) is 6.92 Å². The molecule has 0 saturated carbocycles. The van der Waals surface area contributed by atoms with Crippen molar-refractivity contribution in [3.8, 4) is 0 Å². The highest BCUT2D eigenvalue weighted by atomic mass is 16.6. The maximum absolute atomic E-state index is 11.6. The highest BCUT2D eigenvalue weighted by Gasteiger charge is 2.10. The molecule has 0 aliphatic rings. The molecule has 1 aromatic carbocycles. The second kappa shape index (κ2) is 7.44. The van der Waals surface area contributed by atoms with Gasteiger partial charge < -0.3 is 15.7 Å². The summed E-state index contributed by atoms with van der Waals surface area (Å²) in [6.07, 6.45) is 0.713. The van der Waals surface area contributed by atoms with Crippen LogP contribution in [0.2, 0.25) is 0 Å². The molecule has 0 spiro atoms. The van der Waals surface area contributed by atoms with Crippen LogP contribution in [0.15, 0.2) is 18.2 Å². The van der Waals surface area contributed by atoms with Crippen molar-refractivity contribution in [3.63, 3.8) is 0 Å². The molecule has 0 heterocycles. The van der Waals surface area contributed by atoms with Gasteiger partial charge in [-0.1, -0.05) is 6.92 Å². The number of aliphatic hydroxyl groups excluding tert-OH is 1. The van der Waals surface area contributed by atoms with Gasteiger partial charge in [0.25, 0.3) is 5.69 Å². The maximum Gasteiger partial charge on any atom is 0.319 e. The Hall–Kier alpha value is -2.15. The second-order valence-corrected chi connectivity index (χ2v) is 4.49. The Morgan fingerprint density at radius 3 is 2.75 bits per heavy atom. The Bertz CT molecular complexity index is 491. The molecule has 2 amide bonds. The lowest BCUT2D eigenvalue weighted by Gasteiger charge is -2.11. The van der Waals surface area contributed by atoms with Crippen LogP contribution in [0.4, 0.5) is 16.2 Å². The molecule has 0 bridgehead atoms. The molecule has 1 rings (SSSR count). The van der Waals surface area contributed by atoms with Gasteiger partial charge in [-0.3, -0.25) is 10.1 Å². The quantitative estimate of drug-likeness (QED) is 0.549. The van der Waals surface area contributed by atoms with Gasteiger partial charge in [-0.15, -0.1) is 0 Å². The van der Waals surface area contributed by atoms with Crippen molar-refractivity contribution in [2.75, 3.05) is 11.9 Å². The van der Waals surface area contributed by atoms with Crippen molar-refractivity contribution in [3.05, 3.63) is 33.9 Å². The average molecular weight is 281 g/mol. The molecule has 1 aromatic rings. The number of aliphatic hydroxyl groups is 1. The smallest absolute Gasteiger partial charge is 0.319 e. The van der Waals surface area contributed by atoms with Crippen LogP contribution in [-0.4, -0.2) is 28.7 Å². The standard InChI is InChI=1S/C13H19N3O4/c1-3-11(17)6-7-14-13(18)15-12-5-4-10(16(19)20)8-9(12)2/h4-5,8,11,17H,3,6-7H2,1-2H3,(H2,14,15,18)/t11-/m0/s1. The van der Waals surface area contributed by atoms with Gasteiger partial charge >= 0.3 is 6.03 Å². The molecule has 7 heteroatoms. The average Bonchev–Trinajstić information content (AvgIpc) is 2.40. The van der Waals surface area contributed by atoms with Crippen LogP contribution >= 0.6 is 0 Å². The molecular formula is C13H19N3O4. The van der Waals surface area contributed by atoms with Gasteiger partial charge in [-0.05, 0) is 31.4 Å². The number of nitrogens with one attached hydrogen (secondary N) is 2. The number of hydrogen-bond donors (Lipinski definition) is 3. The van der Waals surface area contributed by atoms with E-state index in [0.717, 1.165) is 0 Å². The minimum absolute atomic E-state index is 0.0143. The number of amides is 2. The number of benzene rings is 1. The normalized spacial score (nSPS) is 11.8. The topological polar surface area (TPSA) is 104 Å². The van der Waals surface area contributed by atoms with Gasteiger partial charge in [0.15, 0.2) is 0 Å². The van der Waals surface area contributed by atoms with Gasteiger partial charge in [0.2, 0.25) is 0 Å². The Kier molecular flexibility index (Phi) is 5.92. The van der Waals surface area contributed by atoms with E-state index in [1.54, 1.807) is 6.92 Å². The zero-order valence-corrected chi connectivity index (χ0v) is 11.5. The number of aryl methyl sites for hydroxylation is 1. The third-order valence-corrected chi connectivity index (χ3v) is 2.90. The first-order chi connectivity index (χ1) is 9.43. The minimum atomic E-state index is -0.483. The van der Waals surface area contributed by atoms with Crippen LogP contribution < -0.4 is 10.6 Å². The predicted molar refractivity (Wildman–Crippen MR) is 75.8 cm³/mol. The number of carbonyl (C=O) groups is 1. The highest BCUT2D eigenvalue weighted by Crippen LogP contribution is 2.20. The summed E-state index contributed by atoms with van der Waals surface area (Å²) in [6, 6.07) is 3.83. The predicted octanol–water partition coefficient (Wildman–Crippen LogP) is 2.19. The van der Waals surface area contributed by atoms with Crippen molar-refractivity contribution in [1.82, 2.24) is 5.32 Å². The third kappa shape index (κ3) is 4.85. The lowest BCUT2D eigenvalue weighted by atomic mass is 10.2. The number of carbonyl (C=O) groups excluding carboxylic acids is 1. The number of anilines is 1. The summed E-state index contributed by atoms with van der Waals surface area (Å²) in [5, 5.41) is 25.2. The van der Waals surface area contributed by atoms with E-state index in [1.165, 1.54) is 18.2 Å². The number of urea groups is 1. The van der Waals surface area contributed by atoms with Crippen LogP contribution in [0.25, 0.3) is 0 Å². The van der Waals surface area contributed by atoms with E-state index in [2.05, 4.69) is 10.6 Å². The van der Waals surface area contributed by atoms with Gasteiger partial charge in [-0.25, -0.2) is 4.79 Å². The Morgan fingerprint density at radius 2 is 2.20 bits per heavy atom. The number of nitrogens with zero attached hydrogens (tertiary/aromatic N) is 1. The van der Waals surface area contributed by atoms with E-state index in [4.69, 9.17) is 0 Å². The number of nitro groups is 1. The van der Waals surface area contributed by atoms with Crippen molar-refractivity contribution in [2.24, 2.45) is 0 Å². The molecule has 0 saturated heterocycles. The van der Waals surface area contributed by atoms with Crippen molar-refractivity contribution in [2.45, 2.75) is 32.8 Å². The summed E-state index contributed by atoms with van der Waals surface area (Å²) < 4.78 is 0. The van der Waals surface area contributed by atoms with Crippen LogP contribution in [0, 0.1) is 17.0 Å². The van der Waals surface area contributed by atoms with Gasteiger partial charge in [-0.2, -0.15) is 0 Å². The third-order valence-electron chi connectivity index (χ3n) is 2.90. The molecule has 20 heavy (non-hydrogen) atoms. The van der Waals surface area contributed by atoms with Gasteiger partial charge in [0.05, 0.1) is 11.0 Å². The maximum atomic E-state index is 11.6. The van der Waals surface area contributed by atoms with Crippen molar-refractivity contribution in [1.29, 1.82) is 0 Å². The molecule has 0 unspecified atom stereocenters. The first kappa shape index (κ1) is 15.9. The summed E-state index contributed by atoms with van der Waals surface area (Å²) in [4.78, 5) is 21.7. The van der Waals surface area contributed by atoms with Crippen LogP contribution in [-0.2, 0) is 0 Å². The van der Waals surface area contributed by atoms with Gasteiger partial charge in [0, 0.05) is 24.4 Å². The number of rotatable bonds is 6. The van der Waals surface area contributed by atoms with E-state index in [9.17, 15) is 20.0 Å². The molecule has 0 aromatic heterocycles. The summed E-state index contributed by atoms with van der Waals surface area (Å²) in [5.74, 6) is 0. The Morgan fingerprint density at radius 1 is 1.50 bits per heavy atom. The molecule has 0 aliphatic carbocycles. The summed E-state index contributed by atoms with van der Waals surface area (Å²) in [7, 11) is 0. The molecule has 0 fully saturated rings. The van der Waals surface area contributed by atoms with E-state index in [-0.39, 0.29) is 5.69 Å². The molecule has 0 aliphatic heterocycles. The summed E-state index contributed by atoms with van der Waals surface area (Å²) >= 11 is 0. The molecule has 0 radical (unpaired) electrons. The summed E-state index contributed by atoms with van der Waals surface area (Å²) in [5.41, 5.74) is 1.12. The zero-order valence-electron chi connectivity index (χ0n) is 11.5.